The average molecular weight is 386 g/mol. The van der Waals surface area contributed by atoms with Gasteiger partial charge in [0.15, 0.2) is 0 Å². The summed E-state index contributed by atoms with van der Waals surface area (Å²) in [7, 11) is 0. The molecule has 0 aliphatic carbocycles. The molecule has 1 N–H and O–H groups in total. The molecular weight excluding hydrogens is 370 g/mol. The van der Waals surface area contributed by atoms with E-state index in [0.29, 0.717) is 18.1 Å². The van der Waals surface area contributed by atoms with Gasteiger partial charge in [0, 0.05) is 28.6 Å². The van der Waals surface area contributed by atoms with Crippen LogP contribution in [0.15, 0.2) is 57.5 Å². The van der Waals surface area contributed by atoms with E-state index in [1.54, 1.807) is 0 Å². The van der Waals surface area contributed by atoms with Crippen molar-refractivity contribution in [2.45, 2.75) is 19.8 Å². The van der Waals surface area contributed by atoms with Crippen molar-refractivity contribution in [2.24, 2.45) is 0 Å². The van der Waals surface area contributed by atoms with Gasteiger partial charge in [-0.05, 0) is 30.7 Å². The summed E-state index contributed by atoms with van der Waals surface area (Å²) >= 11 is 3.41. The maximum Gasteiger partial charge on any atom is 0.227 e. The molecule has 0 atom stereocenters. The van der Waals surface area contributed by atoms with E-state index in [-0.39, 0.29) is 12.3 Å². The first kappa shape index (κ1) is 16.4. The number of nitrogens with one attached hydrogen (secondary N) is 1. The lowest BCUT2D eigenvalue weighted by Crippen LogP contribution is -2.13. The minimum atomic E-state index is -0.0834. The summed E-state index contributed by atoms with van der Waals surface area (Å²) in [5.41, 5.74) is 2.70. The average Bonchev–Trinajstić information content (AvgIpc) is 3.05. The van der Waals surface area contributed by atoms with Crippen molar-refractivity contribution in [3.8, 4) is 11.4 Å². The van der Waals surface area contributed by atoms with Crippen molar-refractivity contribution in [3.05, 3.63) is 64.5 Å². The Morgan fingerprint density at radius 2 is 2.00 bits per heavy atom. The van der Waals surface area contributed by atoms with Crippen LogP contribution in [-0.4, -0.2) is 16.0 Å². The number of aromatic nitrogens is 2. The number of nitrogens with zero attached hydrogens (tertiary/aromatic N) is 2. The number of hydrogen-bond donors (Lipinski definition) is 1. The normalized spacial score (nSPS) is 10.6. The molecule has 24 heavy (non-hydrogen) atoms. The Morgan fingerprint density at radius 3 is 2.75 bits per heavy atom. The number of rotatable bonds is 5. The second-order valence-corrected chi connectivity index (χ2v) is 6.30. The fraction of sp³-hybridized carbons (Fsp3) is 0.167. The summed E-state index contributed by atoms with van der Waals surface area (Å²) in [6, 6.07) is 15.3. The molecule has 0 saturated heterocycles. The van der Waals surface area contributed by atoms with Gasteiger partial charge in [-0.15, -0.1) is 0 Å². The Labute approximate surface area is 148 Å². The van der Waals surface area contributed by atoms with Gasteiger partial charge in [-0.2, -0.15) is 4.98 Å². The van der Waals surface area contributed by atoms with E-state index in [1.165, 1.54) is 0 Å². The standard InChI is InChI=1S/C18H16BrN3O2/c1-12-11-14(19)7-8-15(12)20-16(23)9-10-17-21-18(22-24-17)13-5-3-2-4-6-13/h2-8,11H,9-10H2,1H3,(H,20,23). The number of amides is 1. The van der Waals surface area contributed by atoms with Gasteiger partial charge in [-0.1, -0.05) is 51.4 Å². The Balaban J connectivity index is 1.58. The minimum absolute atomic E-state index is 0.0834. The van der Waals surface area contributed by atoms with Gasteiger partial charge in [-0.3, -0.25) is 4.79 Å². The van der Waals surface area contributed by atoms with E-state index in [1.807, 2.05) is 55.5 Å². The summed E-state index contributed by atoms with van der Waals surface area (Å²) < 4.78 is 6.20. The second-order valence-electron chi connectivity index (χ2n) is 5.39. The van der Waals surface area contributed by atoms with Crippen molar-refractivity contribution in [1.82, 2.24) is 10.1 Å². The number of carbonyl (C=O) groups excluding carboxylic acids is 1. The molecule has 122 valence electrons. The molecular formula is C18H16BrN3O2. The number of hydrogen-bond acceptors (Lipinski definition) is 4. The Bertz CT molecular complexity index is 846. The zero-order valence-corrected chi connectivity index (χ0v) is 14.7. The molecule has 2 aromatic carbocycles. The van der Waals surface area contributed by atoms with Crippen molar-refractivity contribution in [3.63, 3.8) is 0 Å². The number of aryl methyl sites for hydroxylation is 2. The van der Waals surface area contributed by atoms with Crippen LogP contribution in [0.3, 0.4) is 0 Å². The molecule has 0 radical (unpaired) electrons. The molecule has 3 aromatic rings. The third-order valence-electron chi connectivity index (χ3n) is 3.53. The zero-order valence-electron chi connectivity index (χ0n) is 13.1. The van der Waals surface area contributed by atoms with Crippen LogP contribution in [0.4, 0.5) is 5.69 Å². The minimum Gasteiger partial charge on any atom is -0.339 e. The lowest BCUT2D eigenvalue weighted by Gasteiger charge is -2.07. The Kier molecular flexibility index (Phi) is 5.05. The van der Waals surface area contributed by atoms with Gasteiger partial charge < -0.3 is 9.84 Å². The zero-order chi connectivity index (χ0) is 16.9. The molecule has 0 spiro atoms. The van der Waals surface area contributed by atoms with E-state index in [2.05, 4.69) is 31.4 Å². The molecule has 1 heterocycles. The summed E-state index contributed by atoms with van der Waals surface area (Å²) in [5, 5.41) is 6.85. The largest absolute Gasteiger partial charge is 0.339 e. The lowest BCUT2D eigenvalue weighted by molar-refractivity contribution is -0.116. The van der Waals surface area contributed by atoms with E-state index < -0.39 is 0 Å². The number of carbonyl (C=O) groups is 1. The number of halogens is 1. The molecule has 0 saturated carbocycles. The smallest absolute Gasteiger partial charge is 0.227 e. The molecule has 5 nitrogen and oxygen atoms in total. The second kappa shape index (κ2) is 7.40. The van der Waals surface area contributed by atoms with Crippen molar-refractivity contribution < 1.29 is 9.32 Å². The van der Waals surface area contributed by atoms with Gasteiger partial charge in [0.05, 0.1) is 0 Å². The third-order valence-corrected chi connectivity index (χ3v) is 4.02. The quantitative estimate of drug-likeness (QED) is 0.707. The maximum atomic E-state index is 12.1. The highest BCUT2D eigenvalue weighted by molar-refractivity contribution is 9.10. The van der Waals surface area contributed by atoms with Gasteiger partial charge in [0.1, 0.15) is 0 Å². The first-order valence-corrected chi connectivity index (χ1v) is 8.35. The Hall–Kier alpha value is -2.47. The van der Waals surface area contributed by atoms with E-state index in [4.69, 9.17) is 4.52 Å². The highest BCUT2D eigenvalue weighted by atomic mass is 79.9. The fourth-order valence-corrected chi connectivity index (χ4v) is 2.74. The van der Waals surface area contributed by atoms with E-state index in [0.717, 1.165) is 21.3 Å². The Morgan fingerprint density at radius 1 is 1.21 bits per heavy atom. The van der Waals surface area contributed by atoms with Crippen LogP contribution >= 0.6 is 15.9 Å². The third kappa shape index (κ3) is 4.08. The molecule has 1 aromatic heterocycles. The predicted molar refractivity (Wildman–Crippen MR) is 95.6 cm³/mol. The van der Waals surface area contributed by atoms with Crippen LogP contribution in [0.1, 0.15) is 17.9 Å². The SMILES string of the molecule is Cc1cc(Br)ccc1NC(=O)CCc1nc(-c2ccccc2)no1. The fourth-order valence-electron chi connectivity index (χ4n) is 2.26. The van der Waals surface area contributed by atoms with Crippen molar-refractivity contribution in [1.29, 1.82) is 0 Å². The van der Waals surface area contributed by atoms with Gasteiger partial charge >= 0.3 is 0 Å². The first-order valence-electron chi connectivity index (χ1n) is 7.56. The number of benzene rings is 2. The molecule has 0 unspecified atom stereocenters. The van der Waals surface area contributed by atoms with Gasteiger partial charge in [0.25, 0.3) is 0 Å². The molecule has 0 bridgehead atoms. The van der Waals surface area contributed by atoms with Crippen LogP contribution in [0, 0.1) is 6.92 Å². The summed E-state index contributed by atoms with van der Waals surface area (Å²) in [5.74, 6) is 0.908. The number of anilines is 1. The van der Waals surface area contributed by atoms with Crippen LogP contribution < -0.4 is 5.32 Å². The molecule has 3 rings (SSSR count). The van der Waals surface area contributed by atoms with E-state index >= 15 is 0 Å². The van der Waals surface area contributed by atoms with Gasteiger partial charge in [0.2, 0.25) is 17.6 Å². The summed E-state index contributed by atoms with van der Waals surface area (Å²) in [6.45, 7) is 1.95. The topological polar surface area (TPSA) is 68.0 Å². The molecule has 0 aliphatic rings. The molecule has 0 fully saturated rings. The highest BCUT2D eigenvalue weighted by Crippen LogP contribution is 2.20. The first-order chi connectivity index (χ1) is 11.6. The summed E-state index contributed by atoms with van der Waals surface area (Å²) in [6.07, 6.45) is 0.688. The van der Waals surface area contributed by atoms with Gasteiger partial charge in [-0.25, -0.2) is 0 Å². The van der Waals surface area contributed by atoms with Crippen molar-refractivity contribution in [2.75, 3.05) is 5.32 Å². The van der Waals surface area contributed by atoms with Crippen LogP contribution in [0.5, 0.6) is 0 Å². The molecule has 0 aliphatic heterocycles. The lowest BCUT2D eigenvalue weighted by atomic mass is 10.2. The molecule has 1 amide bonds. The van der Waals surface area contributed by atoms with Crippen LogP contribution in [0.2, 0.25) is 0 Å². The predicted octanol–water partition coefficient (Wildman–Crippen LogP) is 4.38. The highest BCUT2D eigenvalue weighted by Gasteiger charge is 2.11. The maximum absolute atomic E-state index is 12.1. The summed E-state index contributed by atoms with van der Waals surface area (Å²) in [4.78, 5) is 16.4. The van der Waals surface area contributed by atoms with Crippen LogP contribution in [0.25, 0.3) is 11.4 Å². The van der Waals surface area contributed by atoms with Crippen LogP contribution in [-0.2, 0) is 11.2 Å². The molecule has 6 heteroatoms. The van der Waals surface area contributed by atoms with E-state index in [9.17, 15) is 4.79 Å². The monoisotopic (exact) mass is 385 g/mol. The van der Waals surface area contributed by atoms with Crippen molar-refractivity contribution >= 4 is 27.5 Å².